The first-order valence-corrected chi connectivity index (χ1v) is 11.6. The van der Waals surface area contributed by atoms with Crippen LogP contribution in [0.5, 0.6) is 0 Å². The van der Waals surface area contributed by atoms with Gasteiger partial charge in [0.05, 0.1) is 12.7 Å². The summed E-state index contributed by atoms with van der Waals surface area (Å²) in [6.45, 7) is 5.52. The van der Waals surface area contributed by atoms with Gasteiger partial charge in [0.2, 0.25) is 5.89 Å². The van der Waals surface area contributed by atoms with E-state index in [0.717, 1.165) is 18.7 Å². The van der Waals surface area contributed by atoms with Gasteiger partial charge in [0.1, 0.15) is 0 Å². The molecule has 2 aliphatic rings. The highest BCUT2D eigenvalue weighted by molar-refractivity contribution is 7.86. The van der Waals surface area contributed by atoms with Crippen molar-refractivity contribution in [3.8, 4) is 11.3 Å². The van der Waals surface area contributed by atoms with E-state index in [2.05, 4.69) is 14.8 Å². The fourth-order valence-electron chi connectivity index (χ4n) is 3.62. The Morgan fingerprint density at radius 3 is 2.17 bits per heavy atom. The molecule has 4 rings (SSSR count). The van der Waals surface area contributed by atoms with Crippen molar-refractivity contribution in [2.75, 3.05) is 59.4 Å². The van der Waals surface area contributed by atoms with Crippen molar-refractivity contribution in [1.29, 1.82) is 0 Å². The molecule has 1 aromatic carbocycles. The fraction of sp³-hybridized carbons (Fsp3) is 0.526. The number of benzene rings is 1. The predicted molar refractivity (Wildman–Crippen MR) is 112 cm³/mol. The minimum absolute atomic E-state index is 0.486. The molecule has 2 saturated heterocycles. The highest BCUT2D eigenvalue weighted by Gasteiger charge is 2.33. The number of hydrogen-bond acceptors (Lipinski definition) is 6. The summed E-state index contributed by atoms with van der Waals surface area (Å²) in [5.74, 6) is 1.33. The molecule has 0 amide bonds. The first-order valence-electron chi connectivity index (χ1n) is 9.78. The third kappa shape index (κ3) is 4.82. The molecule has 2 aliphatic heterocycles. The van der Waals surface area contributed by atoms with E-state index in [1.54, 1.807) is 14.8 Å². The highest BCUT2D eigenvalue weighted by atomic mass is 35.5. The minimum atomic E-state index is -3.38. The monoisotopic (exact) mass is 439 g/mol. The van der Waals surface area contributed by atoms with Gasteiger partial charge < -0.3 is 9.32 Å². The summed E-state index contributed by atoms with van der Waals surface area (Å²) in [4.78, 5) is 8.70. The van der Waals surface area contributed by atoms with Gasteiger partial charge in [0.25, 0.3) is 10.2 Å². The lowest BCUT2D eigenvalue weighted by molar-refractivity contribution is 0.156. The van der Waals surface area contributed by atoms with Crippen molar-refractivity contribution in [3.63, 3.8) is 0 Å². The standard InChI is InChI=1S/C19H26ClN5O3S/c1-22-6-10-24(11-7-22)29(26,27)25-12-8-23(9-13-25)15-19-21-14-18(28-19)16-2-4-17(20)5-3-16/h2-5,14H,6-13,15H2,1H3. The zero-order chi connectivity index (χ0) is 20.4. The molecule has 0 spiro atoms. The van der Waals surface area contributed by atoms with Gasteiger partial charge in [0, 0.05) is 62.9 Å². The van der Waals surface area contributed by atoms with Crippen LogP contribution in [0.4, 0.5) is 0 Å². The normalized spacial score (nSPS) is 20.9. The van der Waals surface area contributed by atoms with E-state index in [9.17, 15) is 8.42 Å². The number of aromatic nitrogens is 1. The Bertz CT molecular complexity index is 918. The van der Waals surface area contributed by atoms with E-state index >= 15 is 0 Å². The topological polar surface area (TPSA) is 73.1 Å². The van der Waals surface area contributed by atoms with E-state index in [0.29, 0.717) is 62.5 Å². The lowest BCUT2D eigenvalue weighted by Gasteiger charge is -2.38. The van der Waals surface area contributed by atoms with E-state index in [1.807, 2.05) is 31.3 Å². The summed E-state index contributed by atoms with van der Waals surface area (Å²) in [5.41, 5.74) is 0.927. The number of rotatable bonds is 5. The highest BCUT2D eigenvalue weighted by Crippen LogP contribution is 2.23. The molecule has 0 radical (unpaired) electrons. The summed E-state index contributed by atoms with van der Waals surface area (Å²) in [6, 6.07) is 7.43. The van der Waals surface area contributed by atoms with Crippen molar-refractivity contribution in [1.82, 2.24) is 23.4 Å². The van der Waals surface area contributed by atoms with Crippen LogP contribution in [0, 0.1) is 0 Å². The number of oxazole rings is 1. The summed E-state index contributed by atoms with van der Waals surface area (Å²) in [7, 11) is -1.36. The van der Waals surface area contributed by atoms with Gasteiger partial charge in [-0.2, -0.15) is 17.0 Å². The lowest BCUT2D eigenvalue weighted by atomic mass is 10.2. The Morgan fingerprint density at radius 1 is 0.966 bits per heavy atom. The van der Waals surface area contributed by atoms with Crippen LogP contribution >= 0.6 is 11.6 Å². The molecule has 0 aliphatic carbocycles. The van der Waals surface area contributed by atoms with Crippen LogP contribution in [-0.4, -0.2) is 91.2 Å². The number of piperazine rings is 2. The van der Waals surface area contributed by atoms with Crippen LogP contribution in [0.2, 0.25) is 5.02 Å². The number of nitrogens with zero attached hydrogens (tertiary/aromatic N) is 5. The molecule has 2 fully saturated rings. The first-order chi connectivity index (χ1) is 13.9. The second-order valence-corrected chi connectivity index (χ2v) is 9.88. The van der Waals surface area contributed by atoms with Gasteiger partial charge >= 0.3 is 0 Å². The molecular formula is C19H26ClN5O3S. The van der Waals surface area contributed by atoms with E-state index in [-0.39, 0.29) is 0 Å². The van der Waals surface area contributed by atoms with E-state index in [4.69, 9.17) is 16.0 Å². The Hall–Kier alpha value is -1.49. The summed E-state index contributed by atoms with van der Waals surface area (Å²) >= 11 is 5.93. The number of halogens is 1. The van der Waals surface area contributed by atoms with Gasteiger partial charge in [-0.1, -0.05) is 11.6 Å². The third-order valence-corrected chi connectivity index (χ3v) is 7.77. The molecule has 10 heteroatoms. The molecule has 3 heterocycles. The van der Waals surface area contributed by atoms with Crippen molar-refractivity contribution in [3.05, 3.63) is 41.4 Å². The Labute approximate surface area is 176 Å². The van der Waals surface area contributed by atoms with Crippen molar-refractivity contribution in [2.45, 2.75) is 6.54 Å². The second kappa shape index (κ2) is 8.71. The molecule has 0 bridgehead atoms. The molecule has 8 nitrogen and oxygen atoms in total. The van der Waals surface area contributed by atoms with Crippen molar-refractivity contribution >= 4 is 21.8 Å². The van der Waals surface area contributed by atoms with Crippen LogP contribution in [0.1, 0.15) is 5.89 Å². The average molecular weight is 440 g/mol. The molecule has 0 N–H and O–H groups in total. The van der Waals surface area contributed by atoms with Gasteiger partial charge in [-0.3, -0.25) is 4.90 Å². The zero-order valence-corrected chi connectivity index (χ0v) is 18.1. The molecule has 0 unspecified atom stereocenters. The van der Waals surface area contributed by atoms with Gasteiger partial charge in [-0.05, 0) is 31.3 Å². The maximum atomic E-state index is 12.9. The Morgan fingerprint density at radius 2 is 1.55 bits per heavy atom. The second-order valence-electron chi connectivity index (χ2n) is 7.51. The third-order valence-electron chi connectivity index (χ3n) is 5.49. The maximum absolute atomic E-state index is 12.9. The van der Waals surface area contributed by atoms with E-state index in [1.165, 1.54) is 0 Å². The zero-order valence-electron chi connectivity index (χ0n) is 16.5. The largest absolute Gasteiger partial charge is 0.439 e. The predicted octanol–water partition coefficient (Wildman–Crippen LogP) is 1.60. The molecule has 158 valence electrons. The van der Waals surface area contributed by atoms with E-state index < -0.39 is 10.2 Å². The number of likely N-dealkylation sites (N-methyl/N-ethyl adjacent to an activating group) is 1. The van der Waals surface area contributed by atoms with Crippen LogP contribution in [0.15, 0.2) is 34.9 Å². The molecule has 0 atom stereocenters. The van der Waals surface area contributed by atoms with Crippen LogP contribution in [0.25, 0.3) is 11.3 Å². The number of hydrogen-bond donors (Lipinski definition) is 0. The lowest BCUT2D eigenvalue weighted by Crippen LogP contribution is -2.56. The molecule has 2 aromatic rings. The quantitative estimate of drug-likeness (QED) is 0.704. The summed E-state index contributed by atoms with van der Waals surface area (Å²) in [6.07, 6.45) is 1.71. The van der Waals surface area contributed by atoms with Crippen molar-refractivity contribution < 1.29 is 12.8 Å². The first kappa shape index (κ1) is 20.8. The Kier molecular flexibility index (Phi) is 6.24. The SMILES string of the molecule is CN1CCN(S(=O)(=O)N2CCN(Cc3ncc(-c4ccc(Cl)cc4)o3)CC2)CC1. The van der Waals surface area contributed by atoms with Crippen LogP contribution in [0.3, 0.4) is 0 Å². The molecular weight excluding hydrogens is 414 g/mol. The summed E-state index contributed by atoms with van der Waals surface area (Å²) in [5, 5.41) is 0.679. The fourth-order valence-corrected chi connectivity index (χ4v) is 5.32. The van der Waals surface area contributed by atoms with Gasteiger partial charge in [-0.15, -0.1) is 0 Å². The van der Waals surface area contributed by atoms with Crippen LogP contribution < -0.4 is 0 Å². The van der Waals surface area contributed by atoms with Crippen molar-refractivity contribution in [2.24, 2.45) is 0 Å². The molecule has 1 aromatic heterocycles. The minimum Gasteiger partial charge on any atom is -0.439 e. The Balaban J connectivity index is 1.32. The summed E-state index contributed by atoms with van der Waals surface area (Å²) < 4.78 is 34.8. The molecule has 0 saturated carbocycles. The maximum Gasteiger partial charge on any atom is 0.282 e. The van der Waals surface area contributed by atoms with Gasteiger partial charge in [0.15, 0.2) is 5.76 Å². The van der Waals surface area contributed by atoms with Gasteiger partial charge in [-0.25, -0.2) is 4.98 Å². The van der Waals surface area contributed by atoms with Crippen LogP contribution in [-0.2, 0) is 16.8 Å². The molecule has 29 heavy (non-hydrogen) atoms. The average Bonchev–Trinajstić information content (AvgIpc) is 3.18. The smallest absolute Gasteiger partial charge is 0.282 e.